The minimum Gasteiger partial charge on any atom is -0.478 e. The predicted molar refractivity (Wildman–Crippen MR) is 93.2 cm³/mol. The molecular weight excluding hydrogens is 307 g/mol. The van der Waals surface area contributed by atoms with Gasteiger partial charge >= 0.3 is 5.97 Å². The van der Waals surface area contributed by atoms with Gasteiger partial charge in [-0.2, -0.15) is 0 Å². The van der Waals surface area contributed by atoms with E-state index in [-0.39, 0.29) is 5.56 Å². The van der Waals surface area contributed by atoms with E-state index in [2.05, 4.69) is 4.98 Å². The molecule has 0 spiro atoms. The molecule has 0 saturated carbocycles. The number of pyridine rings is 1. The molecule has 0 aliphatic rings. The van der Waals surface area contributed by atoms with Crippen LogP contribution in [0.3, 0.4) is 0 Å². The summed E-state index contributed by atoms with van der Waals surface area (Å²) >= 11 is 0. The SMILES string of the molecule is Cc1ccc(-c2nc3ccc(F)cc3c(C(=O)O)c2N(C)C)cc1. The zero-order valence-electron chi connectivity index (χ0n) is 13.7. The molecule has 0 aliphatic carbocycles. The normalized spacial score (nSPS) is 10.8. The second kappa shape index (κ2) is 5.92. The zero-order valence-corrected chi connectivity index (χ0v) is 13.7. The topological polar surface area (TPSA) is 53.4 Å². The van der Waals surface area contributed by atoms with E-state index in [4.69, 9.17) is 0 Å². The summed E-state index contributed by atoms with van der Waals surface area (Å²) in [4.78, 5) is 18.2. The highest BCUT2D eigenvalue weighted by Crippen LogP contribution is 2.36. The summed E-state index contributed by atoms with van der Waals surface area (Å²) in [7, 11) is 3.51. The summed E-state index contributed by atoms with van der Waals surface area (Å²) in [5.41, 5.74) is 3.46. The minimum atomic E-state index is -1.11. The molecule has 0 fully saturated rings. The van der Waals surface area contributed by atoms with Crippen LogP contribution in [-0.2, 0) is 0 Å². The van der Waals surface area contributed by atoms with Crippen LogP contribution < -0.4 is 4.90 Å². The molecule has 1 aromatic heterocycles. The molecule has 1 heterocycles. The van der Waals surface area contributed by atoms with Crippen LogP contribution in [0.2, 0.25) is 0 Å². The zero-order chi connectivity index (χ0) is 17.4. The first kappa shape index (κ1) is 15.9. The molecule has 0 saturated heterocycles. The number of aryl methyl sites for hydroxylation is 1. The molecule has 3 aromatic rings. The first-order chi connectivity index (χ1) is 11.4. The molecule has 3 rings (SSSR count). The van der Waals surface area contributed by atoms with Crippen molar-refractivity contribution in [1.29, 1.82) is 0 Å². The Labute approximate surface area is 139 Å². The van der Waals surface area contributed by atoms with Gasteiger partial charge in [-0.05, 0) is 25.1 Å². The molecule has 0 amide bonds. The smallest absolute Gasteiger partial charge is 0.338 e. The van der Waals surface area contributed by atoms with E-state index in [1.807, 2.05) is 31.2 Å². The van der Waals surface area contributed by atoms with Crippen molar-refractivity contribution < 1.29 is 14.3 Å². The van der Waals surface area contributed by atoms with Crippen molar-refractivity contribution in [2.45, 2.75) is 6.92 Å². The Bertz CT molecular complexity index is 934. The van der Waals surface area contributed by atoms with Crippen LogP contribution in [0.4, 0.5) is 10.1 Å². The van der Waals surface area contributed by atoms with Crippen LogP contribution in [0.1, 0.15) is 15.9 Å². The summed E-state index contributed by atoms with van der Waals surface area (Å²) in [6.07, 6.45) is 0. The van der Waals surface area contributed by atoms with E-state index in [0.29, 0.717) is 22.3 Å². The van der Waals surface area contributed by atoms with Crippen LogP contribution in [-0.4, -0.2) is 30.2 Å². The summed E-state index contributed by atoms with van der Waals surface area (Å²) in [6, 6.07) is 11.7. The van der Waals surface area contributed by atoms with Gasteiger partial charge in [0.1, 0.15) is 5.82 Å². The molecule has 4 nitrogen and oxygen atoms in total. The lowest BCUT2D eigenvalue weighted by Crippen LogP contribution is -2.17. The lowest BCUT2D eigenvalue weighted by molar-refractivity contribution is 0.0699. The Morgan fingerprint density at radius 3 is 2.38 bits per heavy atom. The molecule has 0 radical (unpaired) electrons. The molecule has 5 heteroatoms. The number of anilines is 1. The fourth-order valence-corrected chi connectivity index (χ4v) is 2.79. The fourth-order valence-electron chi connectivity index (χ4n) is 2.79. The quantitative estimate of drug-likeness (QED) is 0.787. The molecule has 0 aliphatic heterocycles. The monoisotopic (exact) mass is 324 g/mol. The Morgan fingerprint density at radius 1 is 1.12 bits per heavy atom. The summed E-state index contributed by atoms with van der Waals surface area (Å²) in [6.45, 7) is 1.98. The molecule has 122 valence electrons. The largest absolute Gasteiger partial charge is 0.478 e. The standard InChI is InChI=1S/C19H17FN2O2/c1-11-4-6-12(7-5-11)17-18(22(2)3)16(19(23)24)14-10-13(20)8-9-15(14)21-17/h4-10H,1-3H3,(H,23,24). The number of rotatable bonds is 3. The highest BCUT2D eigenvalue weighted by molar-refractivity contribution is 6.10. The van der Waals surface area contributed by atoms with Gasteiger partial charge in [-0.1, -0.05) is 29.8 Å². The maximum absolute atomic E-state index is 13.6. The van der Waals surface area contributed by atoms with Crippen molar-refractivity contribution in [2.75, 3.05) is 19.0 Å². The number of carboxylic acids is 1. The summed E-state index contributed by atoms with van der Waals surface area (Å²) < 4.78 is 13.6. The molecule has 1 N–H and O–H groups in total. The lowest BCUT2D eigenvalue weighted by atomic mass is 10.00. The number of aromatic nitrogens is 1. The number of aromatic carboxylic acids is 1. The van der Waals surface area contributed by atoms with Crippen molar-refractivity contribution >= 4 is 22.6 Å². The van der Waals surface area contributed by atoms with E-state index in [1.54, 1.807) is 19.0 Å². The minimum absolute atomic E-state index is 0.0556. The first-order valence-corrected chi connectivity index (χ1v) is 7.49. The number of hydrogen-bond acceptors (Lipinski definition) is 3. The second-order valence-corrected chi connectivity index (χ2v) is 5.91. The highest BCUT2D eigenvalue weighted by atomic mass is 19.1. The highest BCUT2D eigenvalue weighted by Gasteiger charge is 2.23. The van der Waals surface area contributed by atoms with Crippen LogP contribution >= 0.6 is 0 Å². The molecular formula is C19H17FN2O2. The van der Waals surface area contributed by atoms with Gasteiger partial charge in [0.2, 0.25) is 0 Å². The number of carboxylic acid groups (broad SMARTS) is 1. The van der Waals surface area contributed by atoms with Crippen LogP contribution in [0, 0.1) is 12.7 Å². The fraction of sp³-hybridized carbons (Fsp3) is 0.158. The van der Waals surface area contributed by atoms with Crippen molar-refractivity contribution in [1.82, 2.24) is 4.98 Å². The average Bonchev–Trinajstić information content (AvgIpc) is 2.53. The third-order valence-corrected chi connectivity index (χ3v) is 3.91. The third kappa shape index (κ3) is 2.69. The van der Waals surface area contributed by atoms with Crippen LogP contribution in [0.15, 0.2) is 42.5 Å². The number of benzene rings is 2. The van der Waals surface area contributed by atoms with Gasteiger partial charge in [0, 0.05) is 25.0 Å². The van der Waals surface area contributed by atoms with Crippen LogP contribution in [0.25, 0.3) is 22.2 Å². The Kier molecular flexibility index (Phi) is 3.93. The summed E-state index contributed by atoms with van der Waals surface area (Å²) in [5.74, 6) is -1.59. The molecule has 0 atom stereocenters. The van der Waals surface area contributed by atoms with E-state index in [0.717, 1.165) is 11.1 Å². The van der Waals surface area contributed by atoms with Crippen molar-refractivity contribution in [3.05, 3.63) is 59.4 Å². The van der Waals surface area contributed by atoms with E-state index in [9.17, 15) is 14.3 Å². The maximum Gasteiger partial charge on any atom is 0.338 e. The number of halogens is 1. The Balaban J connectivity index is 2.44. The van der Waals surface area contributed by atoms with Gasteiger partial charge in [0.05, 0.1) is 22.5 Å². The van der Waals surface area contributed by atoms with E-state index < -0.39 is 11.8 Å². The van der Waals surface area contributed by atoms with Crippen LogP contribution in [0.5, 0.6) is 0 Å². The molecule has 0 bridgehead atoms. The second-order valence-electron chi connectivity index (χ2n) is 5.91. The third-order valence-electron chi connectivity index (χ3n) is 3.91. The molecule has 2 aromatic carbocycles. The predicted octanol–water partition coefficient (Wildman–Crippen LogP) is 4.11. The van der Waals surface area contributed by atoms with Crippen molar-refractivity contribution in [2.24, 2.45) is 0 Å². The van der Waals surface area contributed by atoms with E-state index >= 15 is 0 Å². The number of nitrogens with zero attached hydrogens (tertiary/aromatic N) is 2. The number of carbonyl (C=O) groups is 1. The van der Waals surface area contributed by atoms with Gasteiger partial charge in [-0.3, -0.25) is 0 Å². The maximum atomic E-state index is 13.6. The van der Waals surface area contributed by atoms with Crippen molar-refractivity contribution in [3.8, 4) is 11.3 Å². The Hall–Kier alpha value is -2.95. The average molecular weight is 324 g/mol. The lowest BCUT2D eigenvalue weighted by Gasteiger charge is -2.21. The number of hydrogen-bond donors (Lipinski definition) is 1. The van der Waals surface area contributed by atoms with Crippen molar-refractivity contribution in [3.63, 3.8) is 0 Å². The number of fused-ring (bicyclic) bond motifs is 1. The molecule has 0 unspecified atom stereocenters. The van der Waals surface area contributed by atoms with E-state index in [1.165, 1.54) is 18.2 Å². The van der Waals surface area contributed by atoms with Gasteiger partial charge < -0.3 is 10.0 Å². The Morgan fingerprint density at radius 2 is 1.79 bits per heavy atom. The van der Waals surface area contributed by atoms with Gasteiger partial charge in [-0.25, -0.2) is 14.2 Å². The molecule has 24 heavy (non-hydrogen) atoms. The first-order valence-electron chi connectivity index (χ1n) is 7.49. The van der Waals surface area contributed by atoms with Gasteiger partial charge in [-0.15, -0.1) is 0 Å². The summed E-state index contributed by atoms with van der Waals surface area (Å²) in [5, 5.41) is 10.0. The van der Waals surface area contributed by atoms with Gasteiger partial charge in [0.25, 0.3) is 0 Å². The van der Waals surface area contributed by atoms with Gasteiger partial charge in [0.15, 0.2) is 0 Å².